The van der Waals surface area contributed by atoms with Crippen molar-refractivity contribution in [3.63, 3.8) is 0 Å². The molecule has 7 nitrogen and oxygen atoms in total. The van der Waals surface area contributed by atoms with Gasteiger partial charge in [-0.25, -0.2) is 19.0 Å². The molecule has 1 aliphatic heterocycles. The predicted molar refractivity (Wildman–Crippen MR) is 100 cm³/mol. The van der Waals surface area contributed by atoms with Crippen molar-refractivity contribution in [3.8, 4) is 0 Å². The minimum Gasteiger partial charge on any atom is -0.368 e. The van der Waals surface area contributed by atoms with Gasteiger partial charge in [-0.3, -0.25) is 4.98 Å². The molecule has 3 aromatic heterocycles. The van der Waals surface area contributed by atoms with Crippen molar-refractivity contribution in [2.75, 3.05) is 25.0 Å². The van der Waals surface area contributed by atoms with E-state index in [4.69, 9.17) is 0 Å². The molecule has 4 rings (SSSR count). The van der Waals surface area contributed by atoms with Crippen LogP contribution in [0.3, 0.4) is 0 Å². The molecular formula is C17H19BrFN7. The molecule has 0 atom stereocenters. The molecule has 0 aliphatic carbocycles. The lowest BCUT2D eigenvalue weighted by molar-refractivity contribution is 0.312. The van der Waals surface area contributed by atoms with Gasteiger partial charge in [0.25, 0.3) is 0 Å². The number of aryl methyl sites for hydroxylation is 1. The zero-order chi connectivity index (χ0) is 18.1. The van der Waals surface area contributed by atoms with E-state index in [1.54, 1.807) is 16.9 Å². The van der Waals surface area contributed by atoms with Crippen LogP contribution in [-0.2, 0) is 12.5 Å². The Morgan fingerprint density at radius 1 is 1.35 bits per heavy atom. The fraction of sp³-hybridized carbons (Fsp3) is 0.412. The SMILES string of the molecule is Cn1nc(Br)c2c(NCC3(c4ccncc4F)CCNCC3)ncnc21. The van der Waals surface area contributed by atoms with Gasteiger partial charge in [0.15, 0.2) is 5.65 Å². The maximum Gasteiger partial charge on any atom is 0.164 e. The Morgan fingerprint density at radius 3 is 2.92 bits per heavy atom. The summed E-state index contributed by atoms with van der Waals surface area (Å²) in [6.07, 6.45) is 6.14. The molecule has 9 heteroatoms. The zero-order valence-corrected chi connectivity index (χ0v) is 15.9. The molecule has 0 spiro atoms. The Morgan fingerprint density at radius 2 is 2.15 bits per heavy atom. The summed E-state index contributed by atoms with van der Waals surface area (Å²) in [4.78, 5) is 12.6. The van der Waals surface area contributed by atoms with Gasteiger partial charge in [0.05, 0.1) is 11.6 Å². The molecule has 1 fully saturated rings. The van der Waals surface area contributed by atoms with E-state index in [2.05, 4.69) is 46.6 Å². The van der Waals surface area contributed by atoms with Gasteiger partial charge in [0.1, 0.15) is 22.6 Å². The zero-order valence-electron chi connectivity index (χ0n) is 14.3. The molecule has 2 N–H and O–H groups in total. The van der Waals surface area contributed by atoms with Gasteiger partial charge in [-0.1, -0.05) is 0 Å². The number of pyridine rings is 1. The van der Waals surface area contributed by atoms with Gasteiger partial charge in [0, 0.05) is 25.2 Å². The maximum absolute atomic E-state index is 14.5. The molecule has 1 aliphatic rings. The molecular weight excluding hydrogens is 401 g/mol. The first-order chi connectivity index (χ1) is 12.6. The third-order valence-corrected chi connectivity index (χ3v) is 5.63. The van der Waals surface area contributed by atoms with E-state index in [9.17, 15) is 4.39 Å². The van der Waals surface area contributed by atoms with E-state index in [1.165, 1.54) is 12.5 Å². The van der Waals surface area contributed by atoms with Crippen LogP contribution in [0.15, 0.2) is 29.4 Å². The third-order valence-electron chi connectivity index (χ3n) is 5.08. The lowest BCUT2D eigenvalue weighted by atomic mass is 9.73. The number of halogens is 2. The number of nitrogens with one attached hydrogen (secondary N) is 2. The summed E-state index contributed by atoms with van der Waals surface area (Å²) in [6, 6.07) is 1.79. The lowest BCUT2D eigenvalue weighted by Crippen LogP contribution is -2.45. The lowest BCUT2D eigenvalue weighted by Gasteiger charge is -2.38. The van der Waals surface area contributed by atoms with Crippen LogP contribution in [0.5, 0.6) is 0 Å². The van der Waals surface area contributed by atoms with Crippen molar-refractivity contribution in [2.45, 2.75) is 18.3 Å². The summed E-state index contributed by atoms with van der Waals surface area (Å²) < 4.78 is 16.9. The summed E-state index contributed by atoms with van der Waals surface area (Å²) in [5.74, 6) is 0.439. The van der Waals surface area contributed by atoms with Gasteiger partial charge >= 0.3 is 0 Å². The van der Waals surface area contributed by atoms with Crippen LogP contribution in [0.2, 0.25) is 0 Å². The quantitative estimate of drug-likeness (QED) is 0.675. The summed E-state index contributed by atoms with van der Waals surface area (Å²) >= 11 is 3.47. The van der Waals surface area contributed by atoms with Gasteiger partial charge in [-0.2, -0.15) is 5.10 Å². The fourth-order valence-electron chi connectivity index (χ4n) is 3.68. The molecule has 0 aromatic carbocycles. The second kappa shape index (κ2) is 6.88. The van der Waals surface area contributed by atoms with Crippen LogP contribution in [0.25, 0.3) is 11.0 Å². The van der Waals surface area contributed by atoms with Crippen molar-refractivity contribution in [2.24, 2.45) is 7.05 Å². The summed E-state index contributed by atoms with van der Waals surface area (Å²) in [5.41, 5.74) is 1.13. The number of piperidine rings is 1. The van der Waals surface area contributed by atoms with E-state index in [-0.39, 0.29) is 11.2 Å². The Bertz CT molecular complexity index is 936. The van der Waals surface area contributed by atoms with Crippen LogP contribution in [0.4, 0.5) is 10.2 Å². The summed E-state index contributed by atoms with van der Waals surface area (Å²) in [7, 11) is 1.84. The van der Waals surface area contributed by atoms with Crippen LogP contribution in [0, 0.1) is 5.82 Å². The summed E-state index contributed by atoms with van der Waals surface area (Å²) in [5, 5.41) is 12.0. The van der Waals surface area contributed by atoms with Crippen LogP contribution in [-0.4, -0.2) is 44.4 Å². The first kappa shape index (κ1) is 17.3. The van der Waals surface area contributed by atoms with Crippen molar-refractivity contribution < 1.29 is 4.39 Å². The Balaban J connectivity index is 1.69. The number of hydrogen-bond acceptors (Lipinski definition) is 6. The van der Waals surface area contributed by atoms with Gasteiger partial charge < -0.3 is 10.6 Å². The minimum atomic E-state index is -0.315. The average molecular weight is 420 g/mol. The smallest absolute Gasteiger partial charge is 0.164 e. The Hall–Kier alpha value is -2.13. The van der Waals surface area contributed by atoms with Gasteiger partial charge in [-0.05, 0) is 53.5 Å². The first-order valence-corrected chi connectivity index (χ1v) is 9.28. The molecule has 0 unspecified atom stereocenters. The number of fused-ring (bicyclic) bond motifs is 1. The predicted octanol–water partition coefficient (Wildman–Crippen LogP) is 2.39. The van der Waals surface area contributed by atoms with E-state index >= 15 is 0 Å². The highest BCUT2D eigenvalue weighted by Gasteiger charge is 2.36. The standard InChI is InChI=1S/C17H19BrFN7/c1-26-16-13(14(18)25-26)15(23-10-24-16)22-9-17(3-6-20-7-4-17)11-2-5-21-8-12(11)19/h2,5,8,10,20H,3-4,6-7,9H2,1H3,(H,22,23,24). The molecule has 3 aromatic rings. The Kier molecular flexibility index (Phi) is 4.58. The number of anilines is 1. The first-order valence-electron chi connectivity index (χ1n) is 8.48. The number of nitrogens with zero attached hydrogens (tertiary/aromatic N) is 5. The van der Waals surface area contributed by atoms with Crippen molar-refractivity contribution in [1.29, 1.82) is 0 Å². The normalized spacial score (nSPS) is 16.7. The van der Waals surface area contributed by atoms with Crippen LogP contribution in [0.1, 0.15) is 18.4 Å². The summed E-state index contributed by atoms with van der Waals surface area (Å²) in [6.45, 7) is 2.27. The maximum atomic E-state index is 14.5. The number of aromatic nitrogens is 5. The fourth-order valence-corrected chi connectivity index (χ4v) is 4.28. The monoisotopic (exact) mass is 419 g/mol. The highest BCUT2D eigenvalue weighted by Crippen LogP contribution is 2.36. The van der Waals surface area contributed by atoms with E-state index < -0.39 is 0 Å². The number of rotatable bonds is 4. The van der Waals surface area contributed by atoms with E-state index in [0.717, 1.165) is 37.0 Å². The van der Waals surface area contributed by atoms with E-state index in [1.807, 2.05) is 7.05 Å². The van der Waals surface area contributed by atoms with Gasteiger partial charge in [0.2, 0.25) is 0 Å². The second-order valence-electron chi connectivity index (χ2n) is 6.57. The Labute approximate surface area is 158 Å². The molecule has 26 heavy (non-hydrogen) atoms. The molecule has 136 valence electrons. The van der Waals surface area contributed by atoms with E-state index in [0.29, 0.717) is 22.5 Å². The molecule has 0 saturated carbocycles. The van der Waals surface area contributed by atoms with Crippen LogP contribution < -0.4 is 10.6 Å². The molecule has 1 saturated heterocycles. The average Bonchev–Trinajstić information content (AvgIpc) is 2.96. The van der Waals surface area contributed by atoms with Crippen molar-refractivity contribution in [3.05, 3.63) is 40.8 Å². The molecule has 0 amide bonds. The second-order valence-corrected chi connectivity index (χ2v) is 7.33. The topological polar surface area (TPSA) is 80.5 Å². The largest absolute Gasteiger partial charge is 0.368 e. The van der Waals surface area contributed by atoms with Crippen LogP contribution >= 0.6 is 15.9 Å². The third kappa shape index (κ3) is 2.95. The van der Waals surface area contributed by atoms with Gasteiger partial charge in [-0.15, -0.1) is 0 Å². The molecule has 0 bridgehead atoms. The molecule has 0 radical (unpaired) electrons. The van der Waals surface area contributed by atoms with Crippen molar-refractivity contribution in [1.82, 2.24) is 30.0 Å². The highest BCUT2D eigenvalue weighted by molar-refractivity contribution is 9.10. The van der Waals surface area contributed by atoms with Crippen molar-refractivity contribution >= 4 is 32.8 Å². The molecule has 4 heterocycles. The highest BCUT2D eigenvalue weighted by atomic mass is 79.9. The minimum absolute atomic E-state index is 0.258. The number of hydrogen-bond donors (Lipinski definition) is 2.